The minimum Gasteiger partial charge on any atom is -0.457 e. The summed E-state index contributed by atoms with van der Waals surface area (Å²) in [5.74, 6) is 1.25. The van der Waals surface area contributed by atoms with Gasteiger partial charge in [0, 0.05) is 9.13 Å². The summed E-state index contributed by atoms with van der Waals surface area (Å²) in [6.07, 6.45) is 1.75. The molecular weight excluding hydrogens is 439 g/mol. The van der Waals surface area contributed by atoms with Gasteiger partial charge in [0.2, 0.25) is 0 Å². The number of hydrazone groups is 1. The molecule has 0 saturated heterocycles. The third-order valence-corrected chi connectivity index (χ3v) is 4.82. The molecule has 4 rings (SSSR count). The van der Waals surface area contributed by atoms with Gasteiger partial charge in [0.05, 0.1) is 17.0 Å². The standard InChI is InChI=1S/C21H15IN2O2/c1-14-19(21(25)24(23-14)17-5-3-2-4-6-17)13-18-11-12-20(26-18)15-7-9-16(22)10-8-15/h2-13H,1H3/b19-13-. The van der Waals surface area contributed by atoms with Gasteiger partial charge in [-0.1, -0.05) is 30.3 Å². The van der Waals surface area contributed by atoms with E-state index in [4.69, 9.17) is 4.42 Å². The van der Waals surface area contributed by atoms with Crippen LogP contribution in [0.2, 0.25) is 0 Å². The van der Waals surface area contributed by atoms with Gasteiger partial charge in [0.15, 0.2) is 0 Å². The first-order valence-electron chi connectivity index (χ1n) is 8.14. The van der Waals surface area contributed by atoms with Gasteiger partial charge < -0.3 is 4.42 Å². The molecule has 1 aromatic heterocycles. The Morgan fingerprint density at radius 1 is 1.00 bits per heavy atom. The summed E-state index contributed by atoms with van der Waals surface area (Å²) in [5, 5.41) is 5.80. The van der Waals surface area contributed by atoms with Crippen molar-refractivity contribution in [3.63, 3.8) is 0 Å². The predicted octanol–water partition coefficient (Wildman–Crippen LogP) is 5.36. The van der Waals surface area contributed by atoms with Crippen LogP contribution in [-0.2, 0) is 4.79 Å². The first kappa shape index (κ1) is 16.8. The summed E-state index contributed by atoms with van der Waals surface area (Å²) in [6.45, 7) is 1.83. The zero-order chi connectivity index (χ0) is 18.1. The molecule has 128 valence electrons. The average molecular weight is 454 g/mol. The molecule has 1 amide bonds. The summed E-state index contributed by atoms with van der Waals surface area (Å²) < 4.78 is 7.08. The molecule has 0 atom stereocenters. The summed E-state index contributed by atoms with van der Waals surface area (Å²) >= 11 is 2.27. The molecule has 1 aliphatic heterocycles. The molecular formula is C21H15IN2O2. The second-order valence-corrected chi connectivity index (χ2v) is 7.15. The Balaban J connectivity index is 1.62. The third kappa shape index (κ3) is 3.22. The van der Waals surface area contributed by atoms with Crippen LogP contribution < -0.4 is 5.01 Å². The van der Waals surface area contributed by atoms with Crippen LogP contribution >= 0.6 is 22.6 Å². The molecule has 1 aliphatic rings. The fraction of sp³-hybridized carbons (Fsp3) is 0.0476. The maximum Gasteiger partial charge on any atom is 0.280 e. The van der Waals surface area contributed by atoms with Gasteiger partial charge in [-0.15, -0.1) is 0 Å². The molecule has 0 saturated carbocycles. The highest BCUT2D eigenvalue weighted by atomic mass is 127. The van der Waals surface area contributed by atoms with Crippen LogP contribution in [0.1, 0.15) is 12.7 Å². The topological polar surface area (TPSA) is 45.8 Å². The van der Waals surface area contributed by atoms with Crippen LogP contribution in [0.4, 0.5) is 5.69 Å². The molecule has 26 heavy (non-hydrogen) atoms. The van der Waals surface area contributed by atoms with E-state index in [9.17, 15) is 4.79 Å². The van der Waals surface area contributed by atoms with E-state index in [0.717, 1.165) is 17.0 Å². The molecule has 5 heteroatoms. The van der Waals surface area contributed by atoms with Crippen LogP contribution in [0.25, 0.3) is 17.4 Å². The number of amides is 1. The fourth-order valence-electron chi connectivity index (χ4n) is 2.77. The number of para-hydroxylation sites is 1. The highest BCUT2D eigenvalue weighted by Gasteiger charge is 2.28. The molecule has 4 nitrogen and oxygen atoms in total. The summed E-state index contributed by atoms with van der Waals surface area (Å²) in [6, 6.07) is 21.3. The van der Waals surface area contributed by atoms with Crippen molar-refractivity contribution in [2.24, 2.45) is 5.10 Å². The Morgan fingerprint density at radius 3 is 2.46 bits per heavy atom. The maximum absolute atomic E-state index is 12.7. The monoisotopic (exact) mass is 454 g/mol. The maximum atomic E-state index is 12.7. The van der Waals surface area contributed by atoms with E-state index in [2.05, 4.69) is 27.7 Å². The van der Waals surface area contributed by atoms with Crippen molar-refractivity contribution in [2.45, 2.75) is 6.92 Å². The van der Waals surface area contributed by atoms with Gasteiger partial charge in [-0.2, -0.15) is 10.1 Å². The largest absolute Gasteiger partial charge is 0.457 e. The Bertz CT molecular complexity index is 1020. The molecule has 0 aliphatic carbocycles. The van der Waals surface area contributed by atoms with Crippen molar-refractivity contribution in [1.29, 1.82) is 0 Å². The van der Waals surface area contributed by atoms with E-state index in [1.165, 1.54) is 8.58 Å². The lowest BCUT2D eigenvalue weighted by Gasteiger charge is -2.10. The summed E-state index contributed by atoms with van der Waals surface area (Å²) in [4.78, 5) is 12.7. The first-order chi connectivity index (χ1) is 12.6. The third-order valence-electron chi connectivity index (χ3n) is 4.11. The number of benzene rings is 2. The van der Waals surface area contributed by atoms with E-state index in [1.54, 1.807) is 6.08 Å². The Kier molecular flexibility index (Phi) is 4.46. The van der Waals surface area contributed by atoms with Gasteiger partial charge in [0.1, 0.15) is 11.5 Å². The number of halogens is 1. The lowest BCUT2D eigenvalue weighted by Crippen LogP contribution is -2.21. The molecule has 0 spiro atoms. The molecule has 2 aromatic carbocycles. The number of hydrogen-bond acceptors (Lipinski definition) is 3. The first-order valence-corrected chi connectivity index (χ1v) is 9.22. The highest BCUT2D eigenvalue weighted by molar-refractivity contribution is 14.1. The normalized spacial score (nSPS) is 15.6. The van der Waals surface area contributed by atoms with E-state index in [-0.39, 0.29) is 5.91 Å². The number of carbonyl (C=O) groups excluding carboxylic acids is 1. The van der Waals surface area contributed by atoms with Crippen LogP contribution in [0.5, 0.6) is 0 Å². The average Bonchev–Trinajstić information content (AvgIpc) is 3.23. The molecule has 0 N–H and O–H groups in total. The minimum atomic E-state index is -0.152. The number of nitrogens with zero attached hydrogens (tertiary/aromatic N) is 2. The van der Waals surface area contributed by atoms with Crippen molar-refractivity contribution >= 4 is 46.0 Å². The predicted molar refractivity (Wildman–Crippen MR) is 112 cm³/mol. The van der Waals surface area contributed by atoms with Crippen molar-refractivity contribution in [2.75, 3.05) is 5.01 Å². The van der Waals surface area contributed by atoms with Gasteiger partial charge in [-0.05, 0) is 72.0 Å². The molecule has 0 radical (unpaired) electrons. The quantitative estimate of drug-likeness (QED) is 0.395. The molecule has 0 unspecified atom stereocenters. The molecule has 0 bridgehead atoms. The molecule has 2 heterocycles. The Labute approximate surface area is 165 Å². The van der Waals surface area contributed by atoms with E-state index < -0.39 is 0 Å². The Hall–Kier alpha value is -2.67. The second-order valence-electron chi connectivity index (χ2n) is 5.90. The fourth-order valence-corrected chi connectivity index (χ4v) is 3.13. The van der Waals surface area contributed by atoms with Gasteiger partial charge >= 0.3 is 0 Å². The summed E-state index contributed by atoms with van der Waals surface area (Å²) in [5.41, 5.74) is 2.96. The lowest BCUT2D eigenvalue weighted by atomic mass is 10.1. The number of hydrogen-bond donors (Lipinski definition) is 0. The SMILES string of the molecule is CC1=NN(c2ccccc2)C(=O)/C1=C\c1ccc(-c2ccc(I)cc2)o1. The smallest absolute Gasteiger partial charge is 0.280 e. The minimum absolute atomic E-state index is 0.152. The van der Waals surface area contributed by atoms with Crippen LogP contribution in [0.3, 0.4) is 0 Å². The van der Waals surface area contributed by atoms with E-state index >= 15 is 0 Å². The van der Waals surface area contributed by atoms with Crippen LogP contribution in [0, 0.1) is 3.57 Å². The highest BCUT2D eigenvalue weighted by Crippen LogP contribution is 2.27. The number of rotatable bonds is 3. The zero-order valence-electron chi connectivity index (χ0n) is 14.0. The zero-order valence-corrected chi connectivity index (χ0v) is 16.2. The van der Waals surface area contributed by atoms with Gasteiger partial charge in [0.25, 0.3) is 5.91 Å². The van der Waals surface area contributed by atoms with Crippen molar-refractivity contribution in [3.8, 4) is 11.3 Å². The van der Waals surface area contributed by atoms with E-state index in [1.807, 2.05) is 73.7 Å². The lowest BCUT2D eigenvalue weighted by molar-refractivity contribution is -0.114. The van der Waals surface area contributed by atoms with Gasteiger partial charge in [-0.25, -0.2) is 0 Å². The molecule has 3 aromatic rings. The second kappa shape index (κ2) is 6.92. The van der Waals surface area contributed by atoms with E-state index in [0.29, 0.717) is 17.0 Å². The van der Waals surface area contributed by atoms with Gasteiger partial charge in [-0.3, -0.25) is 4.79 Å². The van der Waals surface area contributed by atoms with Crippen LogP contribution in [0.15, 0.2) is 81.8 Å². The number of anilines is 1. The van der Waals surface area contributed by atoms with Crippen LogP contribution in [-0.4, -0.2) is 11.6 Å². The molecule has 0 fully saturated rings. The van der Waals surface area contributed by atoms with Crippen molar-refractivity contribution < 1.29 is 9.21 Å². The summed E-state index contributed by atoms with van der Waals surface area (Å²) in [7, 11) is 0. The number of furan rings is 1. The van der Waals surface area contributed by atoms with Crippen molar-refractivity contribution in [3.05, 3.63) is 81.6 Å². The van der Waals surface area contributed by atoms with Crippen molar-refractivity contribution in [1.82, 2.24) is 0 Å². The number of carbonyl (C=O) groups is 1. The Morgan fingerprint density at radius 2 is 1.73 bits per heavy atom.